The summed E-state index contributed by atoms with van der Waals surface area (Å²) in [6.45, 7) is 1.09. The molecule has 108 valence electrons. The molecular formula is C15H11ClO4S. The molecule has 2 aromatic carbocycles. The third-order valence-corrected chi connectivity index (χ3v) is 4.41. The zero-order valence-corrected chi connectivity index (χ0v) is 12.4. The van der Waals surface area contributed by atoms with Crippen LogP contribution < -0.4 is 9.47 Å². The van der Waals surface area contributed by atoms with Crippen LogP contribution in [-0.2, 0) is 0 Å². The summed E-state index contributed by atoms with van der Waals surface area (Å²) >= 11 is 7.57. The van der Waals surface area contributed by atoms with E-state index in [1.807, 2.05) is 18.2 Å². The van der Waals surface area contributed by atoms with Crippen molar-refractivity contribution in [1.29, 1.82) is 0 Å². The molecule has 0 fully saturated rings. The summed E-state index contributed by atoms with van der Waals surface area (Å²) in [7, 11) is 0. The lowest BCUT2D eigenvalue weighted by molar-refractivity contribution is 0.0697. The van der Waals surface area contributed by atoms with E-state index in [4.69, 9.17) is 26.2 Å². The number of hydrogen-bond donors (Lipinski definition) is 1. The Morgan fingerprint density at radius 1 is 1.10 bits per heavy atom. The first-order valence-corrected chi connectivity index (χ1v) is 7.43. The summed E-state index contributed by atoms with van der Waals surface area (Å²) in [5.74, 6) is 0.454. The van der Waals surface area contributed by atoms with Crippen LogP contribution in [0, 0.1) is 0 Å². The lowest BCUT2D eigenvalue weighted by Crippen LogP contribution is -2.15. The molecule has 0 radical (unpaired) electrons. The Hall–Kier alpha value is -1.85. The van der Waals surface area contributed by atoms with Crippen molar-refractivity contribution in [3.63, 3.8) is 0 Å². The van der Waals surface area contributed by atoms with Crippen molar-refractivity contribution in [1.82, 2.24) is 0 Å². The summed E-state index contributed by atoms with van der Waals surface area (Å²) in [6.07, 6.45) is 0. The SMILES string of the molecule is O=C(O)c1ccc(Sc2ccc3c(c2)OCCO3)c(Cl)c1. The summed E-state index contributed by atoms with van der Waals surface area (Å²) in [5, 5.41) is 9.34. The van der Waals surface area contributed by atoms with Gasteiger partial charge in [-0.1, -0.05) is 23.4 Å². The van der Waals surface area contributed by atoms with Gasteiger partial charge in [-0.05, 0) is 36.4 Å². The van der Waals surface area contributed by atoms with Crippen LogP contribution in [0.2, 0.25) is 5.02 Å². The van der Waals surface area contributed by atoms with Gasteiger partial charge in [0.05, 0.1) is 10.6 Å². The van der Waals surface area contributed by atoms with Gasteiger partial charge in [0, 0.05) is 9.79 Å². The second kappa shape index (κ2) is 5.87. The van der Waals surface area contributed by atoms with Gasteiger partial charge in [0.2, 0.25) is 0 Å². The summed E-state index contributed by atoms with van der Waals surface area (Å²) in [5.41, 5.74) is 0.173. The minimum Gasteiger partial charge on any atom is -0.486 e. The molecule has 0 saturated heterocycles. The molecule has 1 heterocycles. The van der Waals surface area contributed by atoms with Gasteiger partial charge in [-0.15, -0.1) is 0 Å². The zero-order valence-electron chi connectivity index (χ0n) is 10.8. The summed E-state index contributed by atoms with van der Waals surface area (Å²) in [6, 6.07) is 10.3. The lowest BCUT2D eigenvalue weighted by Gasteiger charge is -2.18. The first-order chi connectivity index (χ1) is 10.1. The maximum atomic E-state index is 10.9. The maximum absolute atomic E-state index is 10.9. The molecule has 2 aromatic rings. The summed E-state index contributed by atoms with van der Waals surface area (Å²) in [4.78, 5) is 12.6. The number of carboxylic acids is 1. The van der Waals surface area contributed by atoms with Crippen LogP contribution in [0.1, 0.15) is 10.4 Å². The second-order valence-corrected chi connectivity index (χ2v) is 5.88. The van der Waals surface area contributed by atoms with Gasteiger partial charge in [0.25, 0.3) is 0 Å². The predicted molar refractivity (Wildman–Crippen MR) is 80.0 cm³/mol. The Morgan fingerprint density at radius 2 is 1.86 bits per heavy atom. The smallest absolute Gasteiger partial charge is 0.335 e. The average molecular weight is 323 g/mol. The van der Waals surface area contributed by atoms with Crippen molar-refractivity contribution in [2.45, 2.75) is 9.79 Å². The van der Waals surface area contributed by atoms with Crippen LogP contribution in [0.5, 0.6) is 11.5 Å². The highest BCUT2D eigenvalue weighted by atomic mass is 35.5. The first-order valence-electron chi connectivity index (χ1n) is 6.24. The molecule has 0 amide bonds. The number of hydrogen-bond acceptors (Lipinski definition) is 4. The minimum absolute atomic E-state index is 0.173. The minimum atomic E-state index is -0.993. The Kier molecular flexibility index (Phi) is 3.94. The Balaban J connectivity index is 1.85. The van der Waals surface area contributed by atoms with Crippen LogP contribution in [0.4, 0.5) is 0 Å². The third kappa shape index (κ3) is 3.09. The third-order valence-electron chi connectivity index (χ3n) is 2.92. The number of halogens is 1. The number of ether oxygens (including phenoxy) is 2. The molecule has 0 saturated carbocycles. The van der Waals surface area contributed by atoms with Crippen LogP contribution in [-0.4, -0.2) is 24.3 Å². The fraction of sp³-hybridized carbons (Fsp3) is 0.133. The van der Waals surface area contributed by atoms with E-state index in [1.165, 1.54) is 23.9 Å². The fourth-order valence-corrected chi connectivity index (χ4v) is 3.08. The Labute approximate surface area is 130 Å². The van der Waals surface area contributed by atoms with Crippen molar-refractivity contribution in [2.24, 2.45) is 0 Å². The quantitative estimate of drug-likeness (QED) is 0.927. The topological polar surface area (TPSA) is 55.8 Å². The van der Waals surface area contributed by atoms with E-state index in [1.54, 1.807) is 6.07 Å². The molecule has 1 aliphatic rings. The van der Waals surface area contributed by atoms with Crippen LogP contribution in [0.25, 0.3) is 0 Å². The molecule has 3 rings (SSSR count). The highest BCUT2D eigenvalue weighted by Crippen LogP contribution is 2.39. The second-order valence-electron chi connectivity index (χ2n) is 4.36. The molecule has 0 unspecified atom stereocenters. The van der Waals surface area contributed by atoms with Gasteiger partial charge in [-0.3, -0.25) is 0 Å². The highest BCUT2D eigenvalue weighted by molar-refractivity contribution is 7.99. The van der Waals surface area contributed by atoms with Crippen LogP contribution >= 0.6 is 23.4 Å². The lowest BCUT2D eigenvalue weighted by atomic mass is 10.2. The summed E-state index contributed by atoms with van der Waals surface area (Å²) < 4.78 is 11.0. The number of carbonyl (C=O) groups is 1. The van der Waals surface area contributed by atoms with E-state index in [2.05, 4.69) is 0 Å². The van der Waals surface area contributed by atoms with E-state index in [0.29, 0.717) is 24.0 Å². The molecule has 0 bridgehead atoms. The molecule has 0 spiro atoms. The Bertz CT molecular complexity index is 702. The standard InChI is InChI=1S/C15H11ClO4S/c16-11-7-9(15(17)18)1-4-14(11)21-10-2-3-12-13(8-10)20-6-5-19-12/h1-4,7-8H,5-6H2,(H,17,18). The number of benzene rings is 2. The van der Waals surface area contributed by atoms with Crippen molar-refractivity contribution in [3.8, 4) is 11.5 Å². The van der Waals surface area contributed by atoms with Crippen molar-refractivity contribution >= 4 is 29.3 Å². The fourth-order valence-electron chi connectivity index (χ4n) is 1.93. The van der Waals surface area contributed by atoms with Crippen LogP contribution in [0.3, 0.4) is 0 Å². The van der Waals surface area contributed by atoms with Crippen LogP contribution in [0.15, 0.2) is 46.2 Å². The predicted octanol–water partition coefficient (Wildman–Crippen LogP) is 3.96. The average Bonchev–Trinajstić information content (AvgIpc) is 2.49. The Morgan fingerprint density at radius 3 is 2.57 bits per heavy atom. The van der Waals surface area contributed by atoms with Gasteiger partial charge in [0.15, 0.2) is 11.5 Å². The number of fused-ring (bicyclic) bond motifs is 1. The molecule has 0 atom stereocenters. The molecule has 0 aliphatic carbocycles. The molecule has 4 nitrogen and oxygen atoms in total. The zero-order chi connectivity index (χ0) is 14.8. The number of aromatic carboxylic acids is 1. The van der Waals surface area contributed by atoms with Crippen molar-refractivity contribution in [2.75, 3.05) is 13.2 Å². The van der Waals surface area contributed by atoms with E-state index in [9.17, 15) is 4.79 Å². The largest absolute Gasteiger partial charge is 0.486 e. The van der Waals surface area contributed by atoms with Gasteiger partial charge in [-0.2, -0.15) is 0 Å². The van der Waals surface area contributed by atoms with Gasteiger partial charge < -0.3 is 14.6 Å². The van der Waals surface area contributed by atoms with E-state index in [-0.39, 0.29) is 5.56 Å². The van der Waals surface area contributed by atoms with Gasteiger partial charge in [0.1, 0.15) is 13.2 Å². The molecule has 21 heavy (non-hydrogen) atoms. The molecule has 6 heteroatoms. The number of carboxylic acid groups (broad SMARTS) is 1. The maximum Gasteiger partial charge on any atom is 0.335 e. The van der Waals surface area contributed by atoms with Gasteiger partial charge in [-0.25, -0.2) is 4.79 Å². The van der Waals surface area contributed by atoms with Gasteiger partial charge >= 0.3 is 5.97 Å². The van der Waals surface area contributed by atoms with E-state index < -0.39 is 5.97 Å². The normalized spacial score (nSPS) is 13.0. The van der Waals surface area contributed by atoms with E-state index >= 15 is 0 Å². The highest BCUT2D eigenvalue weighted by Gasteiger charge is 2.13. The monoisotopic (exact) mass is 322 g/mol. The molecule has 1 aliphatic heterocycles. The molecule has 0 aromatic heterocycles. The van der Waals surface area contributed by atoms with Crippen molar-refractivity contribution in [3.05, 3.63) is 47.0 Å². The van der Waals surface area contributed by atoms with Crippen molar-refractivity contribution < 1.29 is 19.4 Å². The first kappa shape index (κ1) is 14.1. The molecular weight excluding hydrogens is 312 g/mol. The van der Waals surface area contributed by atoms with E-state index in [0.717, 1.165) is 15.5 Å². The molecule has 1 N–H and O–H groups in total. The number of rotatable bonds is 3.